The molecule has 7 heteroatoms. The van der Waals surface area contributed by atoms with Crippen molar-refractivity contribution in [3.05, 3.63) is 118 Å². The van der Waals surface area contributed by atoms with E-state index in [0.29, 0.717) is 16.3 Å². The molecule has 6 nitrogen and oxygen atoms in total. The molecule has 0 fully saturated rings. The maximum atomic E-state index is 12.1. The molecule has 0 radical (unpaired) electrons. The summed E-state index contributed by atoms with van der Waals surface area (Å²) >= 11 is 5.79. The average Bonchev–Trinajstić information content (AvgIpc) is 2.86. The van der Waals surface area contributed by atoms with Crippen LogP contribution in [0.1, 0.15) is 31.8 Å². The maximum absolute atomic E-state index is 12.1. The zero-order chi connectivity index (χ0) is 24.7. The van der Waals surface area contributed by atoms with E-state index < -0.39 is 5.78 Å². The molecule has 0 atom stereocenters. The molecule has 0 amide bonds. The smallest absolute Gasteiger partial charge is 0.200 e. The number of phenols is 3. The minimum atomic E-state index is -0.437. The zero-order valence-corrected chi connectivity index (χ0v) is 18.9. The molecular formula is C27H21ClO6. The van der Waals surface area contributed by atoms with Crippen molar-refractivity contribution < 1.29 is 29.6 Å². The fraction of sp³-hybridized carbons (Fsp3) is 0.0370. The van der Waals surface area contributed by atoms with E-state index in [1.54, 1.807) is 48.5 Å². The largest absolute Gasteiger partial charge is 0.507 e. The van der Waals surface area contributed by atoms with Crippen LogP contribution in [0.3, 0.4) is 0 Å². The lowest BCUT2D eigenvalue weighted by Gasteiger charge is -2.07. The van der Waals surface area contributed by atoms with Gasteiger partial charge in [0.05, 0.1) is 23.8 Å². The standard InChI is InChI=1S/C14H12O4.C13H9ClO2/c1-18-9-6-7-11(13(16)8-9)14(17)10-4-2-3-5-12(10)15;14-10-6-7-12(15)11(8-10)13(16)9-4-2-1-3-5-9/h2-8,15-16H,1H3;1-8,15H. The molecule has 0 bridgehead atoms. The highest BCUT2D eigenvalue weighted by Crippen LogP contribution is 2.28. The molecular weight excluding hydrogens is 456 g/mol. The first-order valence-corrected chi connectivity index (χ1v) is 10.5. The van der Waals surface area contributed by atoms with Crippen molar-refractivity contribution >= 4 is 23.2 Å². The van der Waals surface area contributed by atoms with Gasteiger partial charge in [-0.3, -0.25) is 9.59 Å². The van der Waals surface area contributed by atoms with E-state index >= 15 is 0 Å². The van der Waals surface area contributed by atoms with Gasteiger partial charge >= 0.3 is 0 Å². The molecule has 0 aromatic heterocycles. The Kier molecular flexibility index (Phi) is 7.90. The molecule has 172 valence electrons. The number of para-hydroxylation sites is 1. The Labute approximate surface area is 201 Å². The van der Waals surface area contributed by atoms with Crippen LogP contribution in [0.2, 0.25) is 5.02 Å². The Morgan fingerprint density at radius 2 is 1.26 bits per heavy atom. The first-order chi connectivity index (χ1) is 16.3. The van der Waals surface area contributed by atoms with Crippen molar-refractivity contribution in [2.45, 2.75) is 0 Å². The second-order valence-corrected chi connectivity index (χ2v) is 7.52. The van der Waals surface area contributed by atoms with Crippen LogP contribution in [0.25, 0.3) is 0 Å². The van der Waals surface area contributed by atoms with Crippen LogP contribution in [0.5, 0.6) is 23.0 Å². The molecule has 0 saturated heterocycles. The van der Waals surface area contributed by atoms with Gasteiger partial charge in [0.2, 0.25) is 0 Å². The van der Waals surface area contributed by atoms with E-state index in [9.17, 15) is 24.9 Å². The predicted molar refractivity (Wildman–Crippen MR) is 129 cm³/mol. The second kappa shape index (κ2) is 11.0. The summed E-state index contributed by atoms with van der Waals surface area (Å²) in [6, 6.07) is 23.8. The molecule has 0 heterocycles. The summed E-state index contributed by atoms with van der Waals surface area (Å²) in [6.45, 7) is 0. The minimum Gasteiger partial charge on any atom is -0.507 e. The molecule has 4 aromatic carbocycles. The van der Waals surface area contributed by atoms with E-state index in [0.717, 1.165) is 0 Å². The highest BCUT2D eigenvalue weighted by Gasteiger charge is 2.17. The summed E-state index contributed by atoms with van der Waals surface area (Å²) in [4.78, 5) is 24.1. The fourth-order valence-electron chi connectivity index (χ4n) is 3.08. The summed E-state index contributed by atoms with van der Waals surface area (Å²) in [6.07, 6.45) is 0. The molecule has 0 aliphatic carbocycles. The summed E-state index contributed by atoms with van der Waals surface area (Å²) < 4.78 is 4.94. The summed E-state index contributed by atoms with van der Waals surface area (Å²) in [5.74, 6) is -0.561. The first kappa shape index (κ1) is 24.4. The highest BCUT2D eigenvalue weighted by molar-refractivity contribution is 6.31. The first-order valence-electron chi connectivity index (χ1n) is 10.1. The zero-order valence-electron chi connectivity index (χ0n) is 18.1. The van der Waals surface area contributed by atoms with Crippen LogP contribution >= 0.6 is 11.6 Å². The van der Waals surface area contributed by atoms with Gasteiger partial charge in [0.25, 0.3) is 0 Å². The van der Waals surface area contributed by atoms with E-state index in [-0.39, 0.29) is 39.7 Å². The predicted octanol–water partition coefficient (Wildman–Crippen LogP) is 5.61. The number of methoxy groups -OCH3 is 1. The van der Waals surface area contributed by atoms with Gasteiger partial charge in [0.15, 0.2) is 11.6 Å². The second-order valence-electron chi connectivity index (χ2n) is 7.09. The molecule has 3 N–H and O–H groups in total. The number of ether oxygens (including phenoxy) is 1. The van der Waals surface area contributed by atoms with Crippen molar-refractivity contribution in [2.75, 3.05) is 7.11 Å². The fourth-order valence-corrected chi connectivity index (χ4v) is 3.25. The number of hydrogen-bond acceptors (Lipinski definition) is 6. The summed E-state index contributed by atoms with van der Waals surface area (Å²) in [7, 11) is 1.47. The van der Waals surface area contributed by atoms with Gasteiger partial charge in [-0.05, 0) is 42.5 Å². The Morgan fingerprint density at radius 1 is 0.647 bits per heavy atom. The number of benzene rings is 4. The molecule has 0 saturated carbocycles. The number of carbonyl (C=O) groups excluding carboxylic acids is 2. The van der Waals surface area contributed by atoms with Crippen LogP contribution in [0, 0.1) is 0 Å². The van der Waals surface area contributed by atoms with Crippen LogP contribution in [0.15, 0.2) is 91.0 Å². The van der Waals surface area contributed by atoms with Gasteiger partial charge in [-0.2, -0.15) is 0 Å². The number of aromatic hydroxyl groups is 3. The quantitative estimate of drug-likeness (QED) is 0.323. The van der Waals surface area contributed by atoms with E-state index in [1.165, 1.54) is 43.5 Å². The molecule has 0 aliphatic heterocycles. The molecule has 0 unspecified atom stereocenters. The Bertz CT molecular complexity index is 1320. The lowest BCUT2D eigenvalue weighted by molar-refractivity contribution is 0.102. The lowest BCUT2D eigenvalue weighted by atomic mass is 10.0. The normalized spacial score (nSPS) is 10.1. The number of rotatable bonds is 5. The molecule has 34 heavy (non-hydrogen) atoms. The van der Waals surface area contributed by atoms with Crippen LogP contribution in [0.4, 0.5) is 0 Å². The third-order valence-corrected chi connectivity index (χ3v) is 5.07. The molecule has 0 aliphatic rings. The molecule has 4 aromatic rings. The summed E-state index contributed by atoms with van der Waals surface area (Å²) in [5, 5.41) is 29.4. The summed E-state index contributed by atoms with van der Waals surface area (Å²) in [5.41, 5.74) is 1.02. The van der Waals surface area contributed by atoms with Gasteiger partial charge in [0, 0.05) is 16.7 Å². The van der Waals surface area contributed by atoms with Gasteiger partial charge < -0.3 is 20.1 Å². The van der Waals surface area contributed by atoms with Gasteiger partial charge in [-0.25, -0.2) is 0 Å². The monoisotopic (exact) mass is 476 g/mol. The Morgan fingerprint density at radius 3 is 1.91 bits per heavy atom. The van der Waals surface area contributed by atoms with Crippen LogP contribution in [-0.2, 0) is 0 Å². The van der Waals surface area contributed by atoms with Crippen molar-refractivity contribution in [1.29, 1.82) is 0 Å². The topological polar surface area (TPSA) is 104 Å². The minimum absolute atomic E-state index is 0.0572. The SMILES string of the molecule is COc1ccc(C(=O)c2ccccc2O)c(O)c1.O=C(c1ccccc1)c1cc(Cl)ccc1O. The Hall–Kier alpha value is -4.29. The maximum Gasteiger partial charge on any atom is 0.200 e. The van der Waals surface area contributed by atoms with Gasteiger partial charge in [-0.1, -0.05) is 54.1 Å². The third-order valence-electron chi connectivity index (χ3n) is 4.84. The van der Waals surface area contributed by atoms with Crippen LogP contribution in [-0.4, -0.2) is 34.0 Å². The molecule has 0 spiro atoms. The number of hydrogen-bond donors (Lipinski definition) is 3. The number of ketones is 2. The van der Waals surface area contributed by atoms with Crippen molar-refractivity contribution in [3.63, 3.8) is 0 Å². The third kappa shape index (κ3) is 5.74. The number of phenolic OH excluding ortho intramolecular Hbond substituents is 3. The van der Waals surface area contributed by atoms with Crippen molar-refractivity contribution in [1.82, 2.24) is 0 Å². The molecule has 4 rings (SSSR count). The number of carbonyl (C=O) groups is 2. The van der Waals surface area contributed by atoms with E-state index in [2.05, 4.69) is 0 Å². The average molecular weight is 477 g/mol. The highest BCUT2D eigenvalue weighted by atomic mass is 35.5. The number of halogens is 1. The van der Waals surface area contributed by atoms with Crippen LogP contribution < -0.4 is 4.74 Å². The van der Waals surface area contributed by atoms with Gasteiger partial charge in [0.1, 0.15) is 23.0 Å². The van der Waals surface area contributed by atoms with E-state index in [1.807, 2.05) is 6.07 Å². The van der Waals surface area contributed by atoms with Crippen molar-refractivity contribution in [3.8, 4) is 23.0 Å². The van der Waals surface area contributed by atoms with Gasteiger partial charge in [-0.15, -0.1) is 0 Å². The lowest BCUT2D eigenvalue weighted by Crippen LogP contribution is -2.02. The van der Waals surface area contributed by atoms with Crippen molar-refractivity contribution in [2.24, 2.45) is 0 Å². The Balaban J connectivity index is 0.000000192. The van der Waals surface area contributed by atoms with E-state index in [4.69, 9.17) is 16.3 Å².